The van der Waals surface area contributed by atoms with E-state index >= 15 is 0 Å². The quantitative estimate of drug-likeness (QED) is 0.395. The number of ether oxygens (including phenoxy) is 1. The van der Waals surface area contributed by atoms with Gasteiger partial charge < -0.3 is 4.74 Å². The van der Waals surface area contributed by atoms with Crippen molar-refractivity contribution in [1.82, 2.24) is 0 Å². The Labute approximate surface area is 176 Å². The molecule has 0 radical (unpaired) electrons. The highest BCUT2D eigenvalue weighted by Crippen LogP contribution is 2.43. The average Bonchev–Trinajstić information content (AvgIpc) is 2.70. The topological polar surface area (TPSA) is 9.23 Å². The predicted octanol–water partition coefficient (Wildman–Crippen LogP) is 8.21. The summed E-state index contributed by atoms with van der Waals surface area (Å²) in [6, 6.07) is 1.93. The first-order chi connectivity index (χ1) is 14.2. The van der Waals surface area contributed by atoms with Gasteiger partial charge >= 0.3 is 6.36 Å². The molecule has 0 spiro atoms. The van der Waals surface area contributed by atoms with Crippen LogP contribution in [-0.4, -0.2) is 6.36 Å². The molecular formula is C24H33F5O. The van der Waals surface area contributed by atoms with E-state index < -0.39 is 23.7 Å². The fraction of sp³-hybridized carbons (Fsp3) is 0.750. The second-order valence-corrected chi connectivity index (χ2v) is 9.33. The highest BCUT2D eigenvalue weighted by molar-refractivity contribution is 5.31. The molecule has 0 unspecified atom stereocenters. The fourth-order valence-corrected chi connectivity index (χ4v) is 5.65. The van der Waals surface area contributed by atoms with Gasteiger partial charge in [0.1, 0.15) is 0 Å². The molecule has 1 aromatic rings. The van der Waals surface area contributed by atoms with Gasteiger partial charge in [0, 0.05) is 0 Å². The minimum atomic E-state index is -5.11. The summed E-state index contributed by atoms with van der Waals surface area (Å²) in [7, 11) is 0. The van der Waals surface area contributed by atoms with Crippen LogP contribution < -0.4 is 4.74 Å². The smallest absolute Gasteiger partial charge is 0.399 e. The second kappa shape index (κ2) is 10.3. The van der Waals surface area contributed by atoms with E-state index in [0.29, 0.717) is 17.9 Å². The van der Waals surface area contributed by atoms with Crippen LogP contribution in [0.3, 0.4) is 0 Å². The summed E-state index contributed by atoms with van der Waals surface area (Å²) in [5.74, 6) is -0.845. The molecule has 2 aliphatic rings. The summed E-state index contributed by atoms with van der Waals surface area (Å²) in [4.78, 5) is 0. The zero-order valence-electron chi connectivity index (χ0n) is 17.7. The molecule has 2 aliphatic carbocycles. The summed E-state index contributed by atoms with van der Waals surface area (Å²) in [5, 5.41) is 0. The molecule has 1 aromatic carbocycles. The third-order valence-electron chi connectivity index (χ3n) is 7.26. The van der Waals surface area contributed by atoms with Crippen molar-refractivity contribution in [2.45, 2.75) is 90.3 Å². The molecular weight excluding hydrogens is 399 g/mol. The number of hydrogen-bond donors (Lipinski definition) is 0. The number of rotatable bonds is 7. The van der Waals surface area contributed by atoms with Gasteiger partial charge in [0.25, 0.3) is 0 Å². The predicted molar refractivity (Wildman–Crippen MR) is 107 cm³/mol. The maximum Gasteiger partial charge on any atom is 0.573 e. The van der Waals surface area contributed by atoms with Crippen molar-refractivity contribution < 1.29 is 26.7 Å². The van der Waals surface area contributed by atoms with E-state index in [1.54, 1.807) is 0 Å². The number of halogens is 5. The van der Waals surface area contributed by atoms with E-state index in [0.717, 1.165) is 49.1 Å². The Bertz CT molecular complexity index is 648. The summed E-state index contributed by atoms with van der Waals surface area (Å²) >= 11 is 0. The molecule has 0 atom stereocenters. The molecule has 1 nitrogen and oxygen atoms in total. The lowest BCUT2D eigenvalue weighted by Crippen LogP contribution is -2.26. The van der Waals surface area contributed by atoms with Gasteiger partial charge in [-0.2, -0.15) is 0 Å². The minimum absolute atomic E-state index is 0.385. The molecule has 170 valence electrons. The number of hydrogen-bond acceptors (Lipinski definition) is 1. The molecule has 30 heavy (non-hydrogen) atoms. The lowest BCUT2D eigenvalue weighted by Gasteiger charge is -2.38. The second-order valence-electron chi connectivity index (χ2n) is 9.33. The van der Waals surface area contributed by atoms with Crippen molar-refractivity contribution in [3.63, 3.8) is 0 Å². The van der Waals surface area contributed by atoms with E-state index in [2.05, 4.69) is 11.7 Å². The highest BCUT2D eigenvalue weighted by Gasteiger charge is 2.34. The molecule has 0 amide bonds. The molecule has 0 bridgehead atoms. The normalized spacial score (nSPS) is 27.8. The van der Waals surface area contributed by atoms with Gasteiger partial charge in [-0.1, -0.05) is 45.4 Å². The Morgan fingerprint density at radius 1 is 0.800 bits per heavy atom. The zero-order valence-corrected chi connectivity index (χ0v) is 17.7. The van der Waals surface area contributed by atoms with Crippen LogP contribution in [0.15, 0.2) is 12.1 Å². The molecule has 6 heteroatoms. The van der Waals surface area contributed by atoms with Crippen molar-refractivity contribution in [2.75, 3.05) is 0 Å². The minimum Gasteiger partial charge on any atom is -0.399 e. The third kappa shape index (κ3) is 6.58. The van der Waals surface area contributed by atoms with E-state index in [1.807, 2.05) is 0 Å². The number of aryl methyl sites for hydroxylation is 1. The first-order valence-electron chi connectivity index (χ1n) is 11.5. The standard InChI is InChI=1S/C24H33F5O/c1-2-3-16-6-10-19(11-7-16)20-12-8-17(9-13-20)4-5-18-14-21(25)23(22(26)15-18)30-24(27,28)29/h14-17,19-20H,2-13H2,1H3/t16-,17?,19-,20?. The van der Waals surface area contributed by atoms with E-state index in [4.69, 9.17) is 0 Å². The van der Waals surface area contributed by atoms with Crippen molar-refractivity contribution >= 4 is 0 Å². The average molecular weight is 433 g/mol. The van der Waals surface area contributed by atoms with Crippen LogP contribution in [0.1, 0.15) is 83.1 Å². The molecule has 0 heterocycles. The van der Waals surface area contributed by atoms with Gasteiger partial charge in [0.05, 0.1) is 0 Å². The van der Waals surface area contributed by atoms with Crippen molar-refractivity contribution in [2.24, 2.45) is 23.7 Å². The first-order valence-corrected chi connectivity index (χ1v) is 11.5. The van der Waals surface area contributed by atoms with Gasteiger partial charge in [-0.15, -0.1) is 13.2 Å². The zero-order chi connectivity index (χ0) is 21.7. The van der Waals surface area contributed by atoms with Crippen LogP contribution in [0.4, 0.5) is 22.0 Å². The summed E-state index contributed by atoms with van der Waals surface area (Å²) < 4.78 is 68.0. The molecule has 2 fully saturated rings. The lowest BCUT2D eigenvalue weighted by atomic mass is 9.68. The van der Waals surface area contributed by atoms with Gasteiger partial charge in [-0.25, -0.2) is 8.78 Å². The van der Waals surface area contributed by atoms with Gasteiger partial charge in [0.2, 0.25) is 5.75 Å². The van der Waals surface area contributed by atoms with Gasteiger partial charge in [-0.05, 0) is 79.9 Å². The van der Waals surface area contributed by atoms with Crippen molar-refractivity contribution in [3.05, 3.63) is 29.3 Å². The van der Waals surface area contributed by atoms with Crippen molar-refractivity contribution in [1.29, 1.82) is 0 Å². The summed E-state index contributed by atoms with van der Waals surface area (Å²) in [5.41, 5.74) is 0.385. The van der Waals surface area contributed by atoms with Crippen LogP contribution in [-0.2, 0) is 6.42 Å². The highest BCUT2D eigenvalue weighted by atomic mass is 19.4. The summed E-state index contributed by atoms with van der Waals surface area (Å²) in [6.45, 7) is 2.26. The molecule has 0 aliphatic heterocycles. The Hall–Kier alpha value is -1.33. The lowest BCUT2D eigenvalue weighted by molar-refractivity contribution is -0.276. The molecule has 2 saturated carbocycles. The molecule has 0 saturated heterocycles. The van der Waals surface area contributed by atoms with Crippen LogP contribution in [0.2, 0.25) is 0 Å². The number of alkyl halides is 3. The monoisotopic (exact) mass is 432 g/mol. The maximum atomic E-state index is 13.9. The van der Waals surface area contributed by atoms with Crippen LogP contribution in [0.25, 0.3) is 0 Å². The Morgan fingerprint density at radius 3 is 1.70 bits per heavy atom. The summed E-state index contributed by atoms with van der Waals surface area (Å²) in [6.07, 6.45) is 9.05. The molecule has 3 rings (SSSR count). The van der Waals surface area contributed by atoms with Crippen LogP contribution in [0.5, 0.6) is 5.75 Å². The van der Waals surface area contributed by atoms with E-state index in [1.165, 1.54) is 51.4 Å². The van der Waals surface area contributed by atoms with Crippen molar-refractivity contribution in [3.8, 4) is 5.75 Å². The fourth-order valence-electron chi connectivity index (χ4n) is 5.65. The van der Waals surface area contributed by atoms with Gasteiger partial charge in [-0.3, -0.25) is 0 Å². The van der Waals surface area contributed by atoms with E-state index in [9.17, 15) is 22.0 Å². The first kappa shape index (κ1) is 23.3. The van der Waals surface area contributed by atoms with Crippen LogP contribution >= 0.6 is 0 Å². The maximum absolute atomic E-state index is 13.9. The molecule has 0 N–H and O–H groups in total. The largest absolute Gasteiger partial charge is 0.573 e. The number of benzene rings is 1. The Balaban J connectivity index is 1.44. The Morgan fingerprint density at radius 2 is 1.27 bits per heavy atom. The van der Waals surface area contributed by atoms with Gasteiger partial charge in [0.15, 0.2) is 11.6 Å². The third-order valence-corrected chi connectivity index (χ3v) is 7.26. The Kier molecular flexibility index (Phi) is 8.03. The van der Waals surface area contributed by atoms with Crippen LogP contribution in [0, 0.1) is 35.3 Å². The SMILES string of the molecule is CCC[C@H]1CC[C@H](C2CCC(CCc3cc(F)c(OC(F)(F)F)c(F)c3)CC2)CC1. The molecule has 0 aromatic heterocycles. The van der Waals surface area contributed by atoms with E-state index in [-0.39, 0.29) is 0 Å².